The second kappa shape index (κ2) is 5.02. The maximum Gasteiger partial charge on any atom is 0.202 e. The molecule has 3 rings (SSSR count). The van der Waals surface area contributed by atoms with Crippen LogP contribution in [0.1, 0.15) is 16.1 Å². The Labute approximate surface area is 119 Å². The van der Waals surface area contributed by atoms with Gasteiger partial charge < -0.3 is 4.42 Å². The molecule has 0 atom stereocenters. The van der Waals surface area contributed by atoms with Crippen LogP contribution in [-0.4, -0.2) is 5.78 Å². The molecule has 0 saturated heterocycles. The summed E-state index contributed by atoms with van der Waals surface area (Å²) in [6.07, 6.45) is 0.346. The number of furan rings is 1. The van der Waals surface area contributed by atoms with E-state index in [0.29, 0.717) is 12.2 Å². The lowest BCUT2D eigenvalue weighted by atomic mass is 10.1. The third-order valence-corrected chi connectivity index (χ3v) is 3.45. The van der Waals surface area contributed by atoms with E-state index in [1.54, 1.807) is 6.07 Å². The van der Waals surface area contributed by atoms with Gasteiger partial charge in [0.05, 0.1) is 0 Å². The molecule has 3 heteroatoms. The summed E-state index contributed by atoms with van der Waals surface area (Å²) in [7, 11) is 0. The number of carbonyl (C=O) groups is 1. The fraction of sp³-hybridized carbons (Fsp3) is 0.0625. The quantitative estimate of drug-likeness (QED) is 0.660. The van der Waals surface area contributed by atoms with E-state index >= 15 is 0 Å². The van der Waals surface area contributed by atoms with Crippen molar-refractivity contribution in [2.75, 3.05) is 0 Å². The highest BCUT2D eigenvalue weighted by atomic mass is 79.9. The Morgan fingerprint density at radius 1 is 1.05 bits per heavy atom. The van der Waals surface area contributed by atoms with E-state index in [-0.39, 0.29) is 5.78 Å². The first-order chi connectivity index (χ1) is 9.22. The summed E-state index contributed by atoms with van der Waals surface area (Å²) in [6.45, 7) is 0. The van der Waals surface area contributed by atoms with Gasteiger partial charge in [-0.05, 0) is 29.8 Å². The zero-order chi connectivity index (χ0) is 13.2. The second-order valence-corrected chi connectivity index (χ2v) is 5.29. The molecule has 3 aromatic rings. The van der Waals surface area contributed by atoms with Crippen molar-refractivity contribution in [3.05, 3.63) is 70.4 Å². The largest absolute Gasteiger partial charge is 0.453 e. The Morgan fingerprint density at radius 3 is 2.68 bits per heavy atom. The highest BCUT2D eigenvalue weighted by molar-refractivity contribution is 9.10. The number of benzene rings is 2. The number of para-hydroxylation sites is 1. The predicted octanol–water partition coefficient (Wildman–Crippen LogP) is 4.62. The summed E-state index contributed by atoms with van der Waals surface area (Å²) in [4.78, 5) is 12.2. The molecule has 0 aliphatic rings. The summed E-state index contributed by atoms with van der Waals surface area (Å²) in [5.41, 5.74) is 1.72. The minimum atomic E-state index is -0.00528. The van der Waals surface area contributed by atoms with Crippen molar-refractivity contribution in [1.29, 1.82) is 0 Å². The van der Waals surface area contributed by atoms with Gasteiger partial charge in [-0.1, -0.05) is 46.3 Å². The van der Waals surface area contributed by atoms with Gasteiger partial charge in [-0.15, -0.1) is 0 Å². The van der Waals surface area contributed by atoms with Crippen molar-refractivity contribution in [1.82, 2.24) is 0 Å². The summed E-state index contributed by atoms with van der Waals surface area (Å²) in [5, 5.41) is 0.958. The Kier molecular flexibility index (Phi) is 3.22. The molecule has 19 heavy (non-hydrogen) atoms. The van der Waals surface area contributed by atoms with Gasteiger partial charge in [-0.3, -0.25) is 4.79 Å². The van der Waals surface area contributed by atoms with Crippen LogP contribution in [0.5, 0.6) is 0 Å². The fourth-order valence-corrected chi connectivity index (χ4v) is 2.49. The van der Waals surface area contributed by atoms with Gasteiger partial charge in [0.25, 0.3) is 0 Å². The van der Waals surface area contributed by atoms with Crippen LogP contribution in [0.3, 0.4) is 0 Å². The first kappa shape index (κ1) is 12.2. The third kappa shape index (κ3) is 2.61. The fourth-order valence-electron chi connectivity index (χ4n) is 2.04. The van der Waals surface area contributed by atoms with Crippen LogP contribution in [0.25, 0.3) is 11.0 Å². The summed E-state index contributed by atoms with van der Waals surface area (Å²) in [5.74, 6) is 0.412. The maximum atomic E-state index is 12.2. The van der Waals surface area contributed by atoms with Crippen molar-refractivity contribution in [3.63, 3.8) is 0 Å². The van der Waals surface area contributed by atoms with Gasteiger partial charge in [0.2, 0.25) is 5.78 Å². The van der Waals surface area contributed by atoms with Crippen LogP contribution in [0.4, 0.5) is 0 Å². The lowest BCUT2D eigenvalue weighted by molar-refractivity contribution is 0.0968. The first-order valence-corrected chi connectivity index (χ1v) is 6.78. The molecular weight excluding hydrogens is 304 g/mol. The van der Waals surface area contributed by atoms with E-state index in [9.17, 15) is 4.79 Å². The monoisotopic (exact) mass is 314 g/mol. The molecule has 0 N–H and O–H groups in total. The van der Waals surface area contributed by atoms with Crippen LogP contribution >= 0.6 is 15.9 Å². The average molecular weight is 315 g/mol. The molecule has 0 spiro atoms. The van der Waals surface area contributed by atoms with Gasteiger partial charge >= 0.3 is 0 Å². The van der Waals surface area contributed by atoms with Crippen molar-refractivity contribution in [2.45, 2.75) is 6.42 Å². The van der Waals surface area contributed by atoms with Gasteiger partial charge in [0.15, 0.2) is 5.76 Å². The summed E-state index contributed by atoms with van der Waals surface area (Å²) >= 11 is 3.40. The Morgan fingerprint density at radius 2 is 1.89 bits per heavy atom. The van der Waals surface area contributed by atoms with Crippen LogP contribution in [-0.2, 0) is 6.42 Å². The zero-order valence-corrected chi connectivity index (χ0v) is 11.7. The number of halogens is 1. The highest BCUT2D eigenvalue weighted by Crippen LogP contribution is 2.21. The standard InChI is InChI=1S/C16H11BrO2/c17-13-6-3-4-11(8-13)9-14(18)16-10-12-5-1-2-7-15(12)19-16/h1-8,10H,9H2. The number of ketones is 1. The number of Topliss-reactive ketones (excluding diaryl/α,β-unsaturated/α-hetero) is 1. The molecule has 94 valence electrons. The number of fused-ring (bicyclic) bond motifs is 1. The van der Waals surface area contributed by atoms with E-state index in [4.69, 9.17) is 4.42 Å². The molecular formula is C16H11BrO2. The van der Waals surface area contributed by atoms with Gasteiger partial charge in [0, 0.05) is 16.3 Å². The van der Waals surface area contributed by atoms with Crippen molar-refractivity contribution in [2.24, 2.45) is 0 Å². The molecule has 0 saturated carbocycles. The molecule has 2 nitrogen and oxygen atoms in total. The molecule has 0 aliphatic carbocycles. The molecule has 0 radical (unpaired) electrons. The summed E-state index contributed by atoms with van der Waals surface area (Å²) in [6, 6.07) is 17.2. The topological polar surface area (TPSA) is 30.2 Å². The molecule has 1 aromatic heterocycles. The third-order valence-electron chi connectivity index (χ3n) is 2.95. The van der Waals surface area contributed by atoms with E-state index in [1.807, 2.05) is 48.5 Å². The molecule has 1 heterocycles. The van der Waals surface area contributed by atoms with Crippen molar-refractivity contribution >= 4 is 32.7 Å². The van der Waals surface area contributed by atoms with Crippen LogP contribution < -0.4 is 0 Å². The number of hydrogen-bond donors (Lipinski definition) is 0. The number of rotatable bonds is 3. The number of carbonyl (C=O) groups excluding carboxylic acids is 1. The lowest BCUT2D eigenvalue weighted by Gasteiger charge is -1.99. The van der Waals surface area contributed by atoms with Crippen LogP contribution in [0, 0.1) is 0 Å². The average Bonchev–Trinajstić information content (AvgIpc) is 2.82. The molecule has 0 bridgehead atoms. The second-order valence-electron chi connectivity index (χ2n) is 4.38. The minimum Gasteiger partial charge on any atom is -0.453 e. The molecule has 2 aromatic carbocycles. The Bertz CT molecular complexity index is 710. The predicted molar refractivity (Wildman–Crippen MR) is 78.4 cm³/mol. The molecule has 0 amide bonds. The maximum absolute atomic E-state index is 12.2. The lowest BCUT2D eigenvalue weighted by Crippen LogP contribution is -2.01. The van der Waals surface area contributed by atoms with E-state index in [0.717, 1.165) is 21.0 Å². The van der Waals surface area contributed by atoms with Gasteiger partial charge in [-0.2, -0.15) is 0 Å². The Hall–Kier alpha value is -1.87. The zero-order valence-electron chi connectivity index (χ0n) is 10.1. The van der Waals surface area contributed by atoms with E-state index in [2.05, 4.69) is 15.9 Å². The highest BCUT2D eigenvalue weighted by Gasteiger charge is 2.12. The normalized spacial score (nSPS) is 10.8. The van der Waals surface area contributed by atoms with Crippen molar-refractivity contribution < 1.29 is 9.21 Å². The van der Waals surface area contributed by atoms with E-state index in [1.165, 1.54) is 0 Å². The van der Waals surface area contributed by atoms with Gasteiger partial charge in [-0.25, -0.2) is 0 Å². The Balaban J connectivity index is 1.87. The molecule has 0 aliphatic heterocycles. The van der Waals surface area contributed by atoms with E-state index < -0.39 is 0 Å². The smallest absolute Gasteiger partial charge is 0.202 e. The number of hydrogen-bond acceptors (Lipinski definition) is 2. The SMILES string of the molecule is O=C(Cc1cccc(Br)c1)c1cc2ccccc2o1. The van der Waals surface area contributed by atoms with Crippen molar-refractivity contribution in [3.8, 4) is 0 Å². The first-order valence-electron chi connectivity index (χ1n) is 5.98. The minimum absolute atomic E-state index is 0.00528. The van der Waals surface area contributed by atoms with Gasteiger partial charge in [0.1, 0.15) is 5.58 Å². The van der Waals surface area contributed by atoms with Crippen LogP contribution in [0.2, 0.25) is 0 Å². The van der Waals surface area contributed by atoms with Crippen LogP contribution in [0.15, 0.2) is 63.5 Å². The molecule has 0 fully saturated rings. The molecule has 0 unspecified atom stereocenters. The summed E-state index contributed by atoms with van der Waals surface area (Å²) < 4.78 is 6.55.